The first-order valence-corrected chi connectivity index (χ1v) is 4.39. The van der Waals surface area contributed by atoms with E-state index in [1.807, 2.05) is 0 Å². The van der Waals surface area contributed by atoms with E-state index in [9.17, 15) is 16.8 Å². The maximum absolute atomic E-state index is 9.67. The fourth-order valence-corrected chi connectivity index (χ4v) is 1.07. The molecule has 0 spiro atoms. The average molecular weight is 239 g/mol. The van der Waals surface area contributed by atoms with Crippen molar-refractivity contribution in [2.24, 2.45) is 0 Å². The van der Waals surface area contributed by atoms with Crippen LogP contribution in [0.15, 0.2) is 0 Å². The molecule has 0 aliphatic rings. The first-order valence-electron chi connectivity index (χ1n) is 1.60. The van der Waals surface area contributed by atoms with Crippen LogP contribution in [0.1, 0.15) is 0 Å². The molecule has 64 valence electrons. The zero-order chi connectivity index (χ0) is 8.58. The van der Waals surface area contributed by atoms with Gasteiger partial charge in [-0.15, -0.1) is 0 Å². The van der Waals surface area contributed by atoms with E-state index in [1.54, 1.807) is 0 Å². The molecule has 0 saturated carbocycles. The standard InChI is InChI=1S/H3NO7S2.2Na/c2-1(9(3,4)5)10(6,7)8;;/h2H,(H,3,4,5)(H,6,7,8);;. The minimum absolute atomic E-state index is 0. The normalized spacial score (nSPS) is 11.7. The van der Waals surface area contributed by atoms with Gasteiger partial charge >= 0.3 is 20.6 Å². The molecule has 0 saturated heterocycles. The van der Waals surface area contributed by atoms with Crippen molar-refractivity contribution in [1.29, 1.82) is 0 Å². The molecule has 0 aromatic carbocycles. The molecule has 0 rings (SSSR count). The van der Waals surface area contributed by atoms with Crippen LogP contribution in [-0.2, 0) is 20.6 Å². The van der Waals surface area contributed by atoms with Crippen LogP contribution >= 0.6 is 0 Å². The molecule has 0 heterocycles. The van der Waals surface area contributed by atoms with Crippen molar-refractivity contribution in [2.75, 3.05) is 0 Å². The molecule has 0 aliphatic heterocycles. The van der Waals surface area contributed by atoms with Crippen LogP contribution in [0.5, 0.6) is 0 Å². The minimum atomic E-state index is -5.31. The van der Waals surface area contributed by atoms with Gasteiger partial charge in [0.25, 0.3) is 0 Å². The molecule has 0 unspecified atom stereocenters. The van der Waals surface area contributed by atoms with Crippen molar-refractivity contribution < 1.29 is 31.1 Å². The van der Waals surface area contributed by atoms with E-state index in [-0.39, 0.29) is 59.1 Å². The number of hydrogen-bond donors (Lipinski definition) is 3. The molecule has 0 fully saturated rings. The van der Waals surface area contributed by atoms with Crippen LogP contribution in [0, 0.1) is 0 Å². The van der Waals surface area contributed by atoms with E-state index in [0.29, 0.717) is 0 Å². The van der Waals surface area contributed by atoms with Gasteiger partial charge < -0.3 is 0 Å². The Bertz CT molecular complexity index is 268. The summed E-state index contributed by atoms with van der Waals surface area (Å²) >= 11 is 0. The predicted molar refractivity (Wildman–Crippen MR) is 38.2 cm³/mol. The van der Waals surface area contributed by atoms with Crippen LogP contribution < -0.4 is 0 Å². The molecule has 0 aromatic heterocycles. The van der Waals surface area contributed by atoms with Gasteiger partial charge in [-0.2, -0.15) is 16.8 Å². The van der Waals surface area contributed by atoms with Crippen LogP contribution in [0.4, 0.5) is 0 Å². The Morgan fingerprint density at radius 3 is 1.00 bits per heavy atom. The van der Waals surface area contributed by atoms with Gasteiger partial charge in [-0.25, -0.2) is 0 Å². The van der Waals surface area contributed by atoms with E-state index in [1.165, 1.54) is 0 Å². The number of nitrogens with zero attached hydrogens (tertiary/aromatic N) is 1. The van der Waals surface area contributed by atoms with E-state index in [4.69, 9.17) is 14.3 Å². The van der Waals surface area contributed by atoms with Crippen LogP contribution in [-0.4, -0.2) is 94.1 Å². The Balaban J connectivity index is -0.000000405. The van der Waals surface area contributed by atoms with Gasteiger partial charge in [0.05, 0.1) is 3.87 Å². The largest absolute Gasteiger partial charge is 0.374 e. The van der Waals surface area contributed by atoms with E-state index in [0.717, 1.165) is 0 Å². The van der Waals surface area contributed by atoms with Crippen LogP contribution in [0.2, 0.25) is 0 Å². The van der Waals surface area contributed by atoms with Crippen molar-refractivity contribution in [3.05, 3.63) is 0 Å². The quantitative estimate of drug-likeness (QED) is 0.276. The summed E-state index contributed by atoms with van der Waals surface area (Å²) in [7, 11) is -10.6. The molecule has 0 atom stereocenters. The summed E-state index contributed by atoms with van der Waals surface area (Å²) in [5, 5.41) is 7.88. The third-order valence-corrected chi connectivity index (χ3v) is 2.31. The van der Waals surface area contributed by atoms with Crippen LogP contribution in [0.3, 0.4) is 0 Å². The fourth-order valence-electron chi connectivity index (χ4n) is 0.119. The second-order valence-corrected chi connectivity index (χ2v) is 3.85. The van der Waals surface area contributed by atoms with Crippen molar-refractivity contribution in [1.82, 2.24) is 3.87 Å². The summed E-state index contributed by atoms with van der Waals surface area (Å²) in [5.41, 5.74) is 0. The van der Waals surface area contributed by atoms with Gasteiger partial charge in [-0.05, 0) is 0 Å². The molecular weight excluding hydrogens is 236 g/mol. The maximum atomic E-state index is 9.67. The van der Waals surface area contributed by atoms with Gasteiger partial charge in [0, 0.05) is 59.1 Å². The maximum Gasteiger partial charge on any atom is 0.374 e. The SMILES string of the molecule is O=S(=O)(O)N(O)S(=O)(=O)O.[Na].[Na]. The summed E-state index contributed by atoms with van der Waals surface area (Å²) in [4.78, 5) is 0. The summed E-state index contributed by atoms with van der Waals surface area (Å²) in [5.74, 6) is 0. The fraction of sp³-hybridized carbons (Fsp3) is 0. The van der Waals surface area contributed by atoms with Crippen molar-refractivity contribution in [2.45, 2.75) is 0 Å². The molecule has 12 heavy (non-hydrogen) atoms. The van der Waals surface area contributed by atoms with Crippen molar-refractivity contribution in [3.63, 3.8) is 0 Å². The molecule has 0 amide bonds. The predicted octanol–water partition coefficient (Wildman–Crippen LogP) is -2.48. The zero-order valence-corrected chi connectivity index (χ0v) is 11.9. The van der Waals surface area contributed by atoms with Gasteiger partial charge in [0.1, 0.15) is 0 Å². The smallest absolute Gasteiger partial charge is 0.282 e. The first kappa shape index (κ1) is 19.3. The Morgan fingerprint density at radius 1 is 0.833 bits per heavy atom. The molecule has 0 bridgehead atoms. The molecule has 8 nitrogen and oxygen atoms in total. The minimum Gasteiger partial charge on any atom is -0.282 e. The molecular formula is H3NNa2O7S2. The summed E-state index contributed by atoms with van der Waals surface area (Å²) in [6, 6.07) is 0. The molecule has 3 N–H and O–H groups in total. The van der Waals surface area contributed by atoms with E-state index >= 15 is 0 Å². The summed E-state index contributed by atoms with van der Waals surface area (Å²) < 4.78 is 52.6. The monoisotopic (exact) mass is 239 g/mol. The second kappa shape index (κ2) is 6.27. The zero-order valence-electron chi connectivity index (χ0n) is 6.24. The topological polar surface area (TPSA) is 132 Å². The van der Waals surface area contributed by atoms with E-state index in [2.05, 4.69) is 0 Å². The molecule has 2 radical (unpaired) electrons. The molecule has 0 aliphatic carbocycles. The van der Waals surface area contributed by atoms with E-state index < -0.39 is 24.5 Å². The number of rotatable bonds is 2. The van der Waals surface area contributed by atoms with Crippen molar-refractivity contribution in [3.8, 4) is 0 Å². The third kappa shape index (κ3) is 7.17. The van der Waals surface area contributed by atoms with Gasteiger partial charge in [-0.3, -0.25) is 14.3 Å². The third-order valence-electron chi connectivity index (χ3n) is 0.395. The Morgan fingerprint density at radius 2 is 1.00 bits per heavy atom. The average Bonchev–Trinajstić information content (AvgIpc) is 1.59. The summed E-state index contributed by atoms with van der Waals surface area (Å²) in [6.45, 7) is 0. The van der Waals surface area contributed by atoms with Crippen LogP contribution in [0.25, 0.3) is 0 Å². The summed E-state index contributed by atoms with van der Waals surface area (Å²) in [6.07, 6.45) is 0. The van der Waals surface area contributed by atoms with Gasteiger partial charge in [-0.1, -0.05) is 0 Å². The molecule has 12 heteroatoms. The second-order valence-electron chi connectivity index (χ2n) is 1.13. The Labute approximate surface area is 113 Å². The first-order chi connectivity index (χ1) is 4.15. The van der Waals surface area contributed by atoms with Gasteiger partial charge in [0.15, 0.2) is 0 Å². The van der Waals surface area contributed by atoms with Crippen molar-refractivity contribution >= 4 is 79.7 Å². The molecule has 0 aromatic rings. The number of hydrogen-bond acceptors (Lipinski definition) is 5. The van der Waals surface area contributed by atoms with Gasteiger partial charge in [0.2, 0.25) is 0 Å². The Hall–Kier alpha value is 1.74. The Kier molecular flexibility index (Phi) is 10.1.